The molecule has 2 saturated heterocycles. The minimum atomic E-state index is -0.463. The number of carbonyl (C=O) groups is 1. The maximum Gasteiger partial charge on any atom is 0.220 e. The first-order valence-corrected chi connectivity index (χ1v) is 10.7. The van der Waals surface area contributed by atoms with Gasteiger partial charge in [0, 0.05) is 19.0 Å². The molecule has 0 aromatic heterocycles. The fraction of sp³-hybridized carbons (Fsp3) is 0.682. The molecule has 6 heteroatoms. The van der Waals surface area contributed by atoms with E-state index in [2.05, 4.69) is 21.9 Å². The minimum absolute atomic E-state index is 0.0246. The Morgan fingerprint density at radius 3 is 2.50 bits per heavy atom. The van der Waals surface area contributed by atoms with Crippen molar-refractivity contribution in [1.29, 1.82) is 0 Å². The molecule has 2 aliphatic heterocycles. The lowest BCUT2D eigenvalue weighted by Crippen LogP contribution is -2.38. The van der Waals surface area contributed by atoms with Crippen molar-refractivity contribution >= 4 is 5.91 Å². The number of nitrogens with two attached hydrogens (primary N) is 1. The van der Waals surface area contributed by atoms with E-state index < -0.39 is 6.10 Å². The molecule has 28 heavy (non-hydrogen) atoms. The van der Waals surface area contributed by atoms with E-state index in [9.17, 15) is 9.90 Å². The number of hydrogen-bond acceptors (Lipinski definition) is 5. The van der Waals surface area contributed by atoms with E-state index in [0.717, 1.165) is 51.3 Å². The normalized spacial score (nSPS) is 21.2. The highest BCUT2D eigenvalue weighted by Crippen LogP contribution is 2.21. The van der Waals surface area contributed by atoms with E-state index in [0.29, 0.717) is 13.2 Å². The lowest BCUT2D eigenvalue weighted by molar-refractivity contribution is -0.123. The van der Waals surface area contributed by atoms with Crippen molar-refractivity contribution in [3.63, 3.8) is 0 Å². The summed E-state index contributed by atoms with van der Waals surface area (Å²) in [7, 11) is 0. The fourth-order valence-corrected chi connectivity index (χ4v) is 4.23. The van der Waals surface area contributed by atoms with Gasteiger partial charge in [0.2, 0.25) is 5.91 Å². The van der Waals surface area contributed by atoms with E-state index in [-0.39, 0.29) is 11.8 Å². The van der Waals surface area contributed by atoms with Gasteiger partial charge in [-0.2, -0.15) is 0 Å². The topological polar surface area (TPSA) is 79.0 Å². The van der Waals surface area contributed by atoms with Crippen LogP contribution in [0, 0.1) is 5.92 Å². The van der Waals surface area contributed by atoms with E-state index in [1.165, 1.54) is 31.2 Å². The molecule has 1 aromatic rings. The number of hydrogen-bond donors (Lipinski definition) is 2. The molecule has 0 saturated carbocycles. The third kappa shape index (κ3) is 6.76. The van der Waals surface area contributed by atoms with Crippen molar-refractivity contribution in [3.05, 3.63) is 29.8 Å². The Balaban J connectivity index is 1.42. The standard InChI is InChI=1S/C22H35N3O3/c23-22(27)19-8-12-25(13-9-19)15-18-6-5-7-21(14-18)28-17-20(26)16-24-10-3-1-2-4-11-24/h5-7,14,19-20,26H,1-4,8-13,15-17H2,(H2,23,27)/t20-/m1/s1. The highest BCUT2D eigenvalue weighted by Gasteiger charge is 2.23. The number of nitrogens with zero attached hydrogens (tertiary/aromatic N) is 2. The molecular formula is C22H35N3O3. The Hall–Kier alpha value is -1.63. The molecular weight excluding hydrogens is 354 g/mol. The van der Waals surface area contributed by atoms with Gasteiger partial charge in [-0.15, -0.1) is 0 Å². The molecule has 156 valence electrons. The average molecular weight is 390 g/mol. The zero-order chi connectivity index (χ0) is 19.8. The minimum Gasteiger partial charge on any atom is -0.491 e. The van der Waals surface area contributed by atoms with Gasteiger partial charge >= 0.3 is 0 Å². The lowest BCUT2D eigenvalue weighted by Gasteiger charge is -2.30. The summed E-state index contributed by atoms with van der Waals surface area (Å²) < 4.78 is 5.86. The number of amides is 1. The fourth-order valence-electron chi connectivity index (χ4n) is 4.23. The highest BCUT2D eigenvalue weighted by atomic mass is 16.5. The van der Waals surface area contributed by atoms with Crippen molar-refractivity contribution in [2.75, 3.05) is 39.3 Å². The van der Waals surface area contributed by atoms with Crippen molar-refractivity contribution in [1.82, 2.24) is 9.80 Å². The number of benzene rings is 1. The second-order valence-electron chi connectivity index (χ2n) is 8.28. The molecule has 0 spiro atoms. The second-order valence-corrected chi connectivity index (χ2v) is 8.28. The monoisotopic (exact) mass is 389 g/mol. The van der Waals surface area contributed by atoms with Gasteiger partial charge in [0.05, 0.1) is 0 Å². The number of aliphatic hydroxyl groups excluding tert-OH is 1. The van der Waals surface area contributed by atoms with E-state index in [1.807, 2.05) is 12.1 Å². The Morgan fingerprint density at radius 2 is 1.82 bits per heavy atom. The van der Waals surface area contributed by atoms with Crippen LogP contribution in [0.5, 0.6) is 5.75 Å². The molecule has 3 rings (SSSR count). The van der Waals surface area contributed by atoms with Gasteiger partial charge in [0.15, 0.2) is 0 Å². The van der Waals surface area contributed by atoms with Crippen LogP contribution in [0.3, 0.4) is 0 Å². The number of primary amides is 1. The van der Waals surface area contributed by atoms with Crippen LogP contribution in [0.1, 0.15) is 44.1 Å². The number of piperidine rings is 1. The van der Waals surface area contributed by atoms with E-state index >= 15 is 0 Å². The van der Waals surface area contributed by atoms with Crippen LogP contribution >= 0.6 is 0 Å². The van der Waals surface area contributed by atoms with Gasteiger partial charge in [0.25, 0.3) is 0 Å². The van der Waals surface area contributed by atoms with Crippen LogP contribution in [0.4, 0.5) is 0 Å². The van der Waals surface area contributed by atoms with Crippen LogP contribution in [0.15, 0.2) is 24.3 Å². The number of carbonyl (C=O) groups excluding carboxylic acids is 1. The van der Waals surface area contributed by atoms with Crippen LogP contribution < -0.4 is 10.5 Å². The van der Waals surface area contributed by atoms with Gasteiger partial charge in [-0.3, -0.25) is 9.69 Å². The summed E-state index contributed by atoms with van der Waals surface area (Å²) in [5.74, 6) is 0.657. The van der Waals surface area contributed by atoms with Crippen LogP contribution in [-0.4, -0.2) is 66.2 Å². The zero-order valence-corrected chi connectivity index (χ0v) is 16.9. The van der Waals surface area contributed by atoms with Gasteiger partial charge in [-0.05, 0) is 69.6 Å². The first-order valence-electron chi connectivity index (χ1n) is 10.7. The SMILES string of the molecule is NC(=O)C1CCN(Cc2cccc(OC[C@H](O)CN3CCCCCC3)c2)CC1. The summed E-state index contributed by atoms with van der Waals surface area (Å²) in [6, 6.07) is 8.10. The second kappa shape index (κ2) is 10.8. The zero-order valence-electron chi connectivity index (χ0n) is 16.9. The molecule has 3 N–H and O–H groups in total. The Bertz CT molecular complexity index is 609. The average Bonchev–Trinajstić information content (AvgIpc) is 2.96. The van der Waals surface area contributed by atoms with E-state index in [4.69, 9.17) is 10.5 Å². The summed E-state index contributed by atoms with van der Waals surface area (Å²) in [6.45, 7) is 5.82. The molecule has 2 fully saturated rings. The molecule has 1 aromatic carbocycles. The Labute approximate surface area is 168 Å². The Kier molecular flexibility index (Phi) is 8.13. The highest BCUT2D eigenvalue weighted by molar-refractivity contribution is 5.76. The third-order valence-electron chi connectivity index (χ3n) is 5.90. The maximum absolute atomic E-state index is 11.3. The summed E-state index contributed by atoms with van der Waals surface area (Å²) in [6.07, 6.45) is 6.28. The molecule has 0 unspecified atom stereocenters. The van der Waals surface area contributed by atoms with Gasteiger partial charge in [-0.25, -0.2) is 0 Å². The molecule has 6 nitrogen and oxygen atoms in total. The lowest BCUT2D eigenvalue weighted by atomic mass is 9.96. The molecule has 1 amide bonds. The molecule has 0 bridgehead atoms. The van der Waals surface area contributed by atoms with Gasteiger partial charge < -0.3 is 20.5 Å². The van der Waals surface area contributed by atoms with Crippen molar-refractivity contribution in [2.24, 2.45) is 11.7 Å². The first-order chi connectivity index (χ1) is 13.6. The van der Waals surface area contributed by atoms with Gasteiger partial charge in [-0.1, -0.05) is 25.0 Å². The summed E-state index contributed by atoms with van der Waals surface area (Å²) in [5.41, 5.74) is 6.60. The van der Waals surface area contributed by atoms with Crippen molar-refractivity contribution in [3.8, 4) is 5.75 Å². The predicted molar refractivity (Wildman–Crippen MR) is 110 cm³/mol. The number of aliphatic hydroxyl groups is 1. The van der Waals surface area contributed by atoms with Crippen LogP contribution in [0.2, 0.25) is 0 Å². The van der Waals surface area contributed by atoms with Gasteiger partial charge in [0.1, 0.15) is 18.5 Å². The predicted octanol–water partition coefficient (Wildman–Crippen LogP) is 2.00. The van der Waals surface area contributed by atoms with Crippen molar-refractivity contribution < 1.29 is 14.6 Å². The number of likely N-dealkylation sites (tertiary alicyclic amines) is 2. The first kappa shape index (κ1) is 21.1. The van der Waals surface area contributed by atoms with Crippen molar-refractivity contribution in [2.45, 2.75) is 51.2 Å². The Morgan fingerprint density at radius 1 is 1.11 bits per heavy atom. The quantitative estimate of drug-likeness (QED) is 0.711. The molecule has 2 aliphatic rings. The summed E-state index contributed by atoms with van der Waals surface area (Å²) in [4.78, 5) is 16.0. The largest absolute Gasteiger partial charge is 0.491 e. The molecule has 2 heterocycles. The number of ether oxygens (including phenoxy) is 1. The smallest absolute Gasteiger partial charge is 0.220 e. The number of rotatable bonds is 8. The summed E-state index contributed by atoms with van der Waals surface area (Å²) in [5, 5.41) is 10.3. The summed E-state index contributed by atoms with van der Waals surface area (Å²) >= 11 is 0. The van der Waals surface area contributed by atoms with E-state index in [1.54, 1.807) is 0 Å². The third-order valence-corrected chi connectivity index (χ3v) is 5.90. The maximum atomic E-state index is 11.3. The van der Waals surface area contributed by atoms with Crippen LogP contribution in [-0.2, 0) is 11.3 Å². The van der Waals surface area contributed by atoms with Crippen LogP contribution in [0.25, 0.3) is 0 Å². The molecule has 0 radical (unpaired) electrons. The molecule has 0 aliphatic carbocycles. The molecule has 1 atom stereocenters. The number of β-amino-alcohol motifs (C(OH)–C–C–N with tert-alkyl or cyclic N) is 1.